The van der Waals surface area contributed by atoms with Crippen molar-refractivity contribution in [3.8, 4) is 0 Å². The Bertz CT molecular complexity index is 183. The van der Waals surface area contributed by atoms with E-state index in [0.29, 0.717) is 10.3 Å². The van der Waals surface area contributed by atoms with Crippen molar-refractivity contribution in [2.24, 2.45) is 0 Å². The van der Waals surface area contributed by atoms with Crippen LogP contribution in [0.3, 0.4) is 0 Å². The molecule has 0 amide bonds. The number of allylic oxidation sites excluding steroid dienone is 1. The maximum Gasteiger partial charge on any atom is 0.0616 e. The van der Waals surface area contributed by atoms with Crippen molar-refractivity contribution in [1.29, 1.82) is 5.41 Å². The van der Waals surface area contributed by atoms with Gasteiger partial charge in [0.25, 0.3) is 0 Å². The predicted octanol–water partition coefficient (Wildman–Crippen LogP) is 3.83. The van der Waals surface area contributed by atoms with Crippen LogP contribution in [0.15, 0.2) is 9.15 Å². The summed E-state index contributed by atoms with van der Waals surface area (Å²) < 4.78 is 1.34. The first-order valence-corrected chi connectivity index (χ1v) is 5.45. The highest BCUT2D eigenvalue weighted by molar-refractivity contribution is 14.1. The van der Waals surface area contributed by atoms with Gasteiger partial charge in [0, 0.05) is 5.25 Å². The van der Waals surface area contributed by atoms with Gasteiger partial charge in [-0.25, -0.2) is 0 Å². The van der Waals surface area contributed by atoms with Crippen LogP contribution in [0.4, 0.5) is 0 Å². The molecule has 0 saturated carbocycles. The number of nitrogens with one attached hydrogen (secondary N) is 1. The molecule has 0 aliphatic heterocycles. The smallest absolute Gasteiger partial charge is 0.0616 e. The van der Waals surface area contributed by atoms with E-state index < -0.39 is 0 Å². The number of hydrogen-bond donors (Lipinski definition) is 1. The summed E-state index contributed by atoms with van der Waals surface area (Å²) in [6.07, 6.45) is 0. The molecule has 0 bridgehead atoms. The highest BCUT2D eigenvalue weighted by Gasteiger charge is 2.07. The summed E-state index contributed by atoms with van der Waals surface area (Å²) in [7, 11) is 0. The Labute approximate surface area is 86.7 Å². The Morgan fingerprint density at radius 3 is 2.09 bits per heavy atom. The van der Waals surface area contributed by atoms with Crippen LogP contribution in [-0.2, 0) is 0 Å². The van der Waals surface area contributed by atoms with Gasteiger partial charge in [-0.3, -0.25) is 5.41 Å². The summed E-state index contributed by atoms with van der Waals surface area (Å²) in [4.78, 5) is 0. The second-order valence-electron chi connectivity index (χ2n) is 2.53. The average Bonchev–Trinajstić information content (AvgIpc) is 1.84. The Morgan fingerprint density at radius 1 is 1.36 bits per heavy atom. The molecule has 0 aliphatic carbocycles. The van der Waals surface area contributed by atoms with E-state index in [9.17, 15) is 0 Å². The molecule has 1 unspecified atom stereocenters. The number of thioether (sulfide) groups is 1. The van der Waals surface area contributed by atoms with Crippen LogP contribution in [0, 0.1) is 5.41 Å². The van der Waals surface area contributed by atoms with Crippen molar-refractivity contribution < 1.29 is 0 Å². The lowest BCUT2D eigenvalue weighted by Gasteiger charge is -2.11. The largest absolute Gasteiger partial charge is 0.299 e. The molecule has 0 aromatic heterocycles. The molecule has 0 fully saturated rings. The fourth-order valence-electron chi connectivity index (χ4n) is 0.634. The fourth-order valence-corrected chi connectivity index (χ4v) is 2.20. The minimum atomic E-state index is 0.449. The molecule has 0 radical (unpaired) electrons. The third-order valence-electron chi connectivity index (χ3n) is 1.51. The van der Waals surface area contributed by atoms with Gasteiger partial charge >= 0.3 is 0 Å². The fraction of sp³-hybridized carbons (Fsp3) is 0.625. The lowest BCUT2D eigenvalue weighted by atomic mass is 10.2. The van der Waals surface area contributed by atoms with Crippen LogP contribution in [-0.4, -0.2) is 10.3 Å². The molecule has 11 heavy (non-hydrogen) atoms. The van der Waals surface area contributed by atoms with Crippen molar-refractivity contribution in [2.75, 3.05) is 0 Å². The van der Waals surface area contributed by atoms with Crippen molar-refractivity contribution in [2.45, 2.75) is 32.9 Å². The predicted molar refractivity (Wildman–Crippen MR) is 62.8 cm³/mol. The van der Waals surface area contributed by atoms with Gasteiger partial charge in [0.05, 0.1) is 5.04 Å². The maximum atomic E-state index is 7.30. The van der Waals surface area contributed by atoms with Gasteiger partial charge in [-0.15, -0.1) is 11.8 Å². The summed E-state index contributed by atoms with van der Waals surface area (Å²) >= 11 is 3.94. The van der Waals surface area contributed by atoms with Gasteiger partial charge < -0.3 is 0 Å². The Balaban J connectivity index is 4.15. The molecule has 0 heterocycles. The molecular formula is C8H14INS. The number of hydrogen-bond acceptors (Lipinski definition) is 2. The zero-order chi connectivity index (χ0) is 9.02. The van der Waals surface area contributed by atoms with Crippen molar-refractivity contribution in [3.05, 3.63) is 9.15 Å². The van der Waals surface area contributed by atoms with E-state index in [1.165, 1.54) is 9.15 Å². The topological polar surface area (TPSA) is 23.9 Å². The molecule has 0 spiro atoms. The minimum absolute atomic E-state index is 0.449. The van der Waals surface area contributed by atoms with Gasteiger partial charge in [-0.2, -0.15) is 0 Å². The van der Waals surface area contributed by atoms with E-state index >= 15 is 0 Å². The summed E-state index contributed by atoms with van der Waals surface area (Å²) in [6, 6.07) is 0. The molecule has 1 nitrogen and oxygen atoms in total. The lowest BCUT2D eigenvalue weighted by Crippen LogP contribution is -2.01. The van der Waals surface area contributed by atoms with E-state index in [4.69, 9.17) is 5.41 Å². The standard InChI is InChI=1S/C8H14INS/c1-5(6(2)9)7(3)11-8(4)10/h7,10H,1-4H3/b6-5+,10-8?. The second-order valence-corrected chi connectivity index (χ2v) is 5.71. The lowest BCUT2D eigenvalue weighted by molar-refractivity contribution is 1.12. The summed E-state index contributed by atoms with van der Waals surface area (Å²) in [5.74, 6) is 0. The molecular weight excluding hydrogens is 269 g/mol. The second kappa shape index (κ2) is 5.19. The molecule has 3 heteroatoms. The Morgan fingerprint density at radius 2 is 1.82 bits per heavy atom. The molecule has 0 aromatic carbocycles. The maximum absolute atomic E-state index is 7.30. The summed E-state index contributed by atoms with van der Waals surface area (Å²) in [5, 5.41) is 8.43. The Kier molecular flexibility index (Phi) is 5.42. The molecule has 0 aliphatic rings. The zero-order valence-corrected chi connectivity index (χ0v) is 10.3. The van der Waals surface area contributed by atoms with E-state index in [2.05, 4.69) is 43.4 Å². The van der Waals surface area contributed by atoms with Crippen LogP contribution >= 0.6 is 34.4 Å². The molecule has 1 N–H and O–H groups in total. The van der Waals surface area contributed by atoms with Crippen LogP contribution in [0.1, 0.15) is 27.7 Å². The van der Waals surface area contributed by atoms with Crippen LogP contribution < -0.4 is 0 Å². The third-order valence-corrected chi connectivity index (χ3v) is 3.42. The van der Waals surface area contributed by atoms with E-state index in [1.54, 1.807) is 11.8 Å². The third kappa shape index (κ3) is 4.85. The van der Waals surface area contributed by atoms with Gasteiger partial charge in [0.2, 0.25) is 0 Å². The van der Waals surface area contributed by atoms with E-state index in [1.807, 2.05) is 6.92 Å². The zero-order valence-electron chi connectivity index (χ0n) is 7.36. The molecule has 0 aromatic rings. The summed E-state index contributed by atoms with van der Waals surface area (Å²) in [5.41, 5.74) is 1.38. The highest BCUT2D eigenvalue weighted by Crippen LogP contribution is 2.24. The van der Waals surface area contributed by atoms with Crippen LogP contribution in [0.2, 0.25) is 0 Å². The van der Waals surface area contributed by atoms with Gasteiger partial charge in [0.1, 0.15) is 0 Å². The first kappa shape index (κ1) is 11.5. The van der Waals surface area contributed by atoms with Crippen molar-refractivity contribution >= 4 is 39.4 Å². The van der Waals surface area contributed by atoms with Gasteiger partial charge in [0.15, 0.2) is 0 Å². The molecule has 0 rings (SSSR count). The van der Waals surface area contributed by atoms with Gasteiger partial charge in [-0.05, 0) is 53.9 Å². The normalized spacial score (nSPS) is 15.7. The minimum Gasteiger partial charge on any atom is -0.299 e. The molecule has 64 valence electrons. The van der Waals surface area contributed by atoms with Crippen molar-refractivity contribution in [1.82, 2.24) is 0 Å². The van der Waals surface area contributed by atoms with Crippen molar-refractivity contribution in [3.63, 3.8) is 0 Å². The SMILES string of the molecule is CC(=N)SC(C)/C(C)=C(\C)I. The molecule has 1 atom stereocenters. The summed E-state index contributed by atoms with van der Waals surface area (Å²) in [6.45, 7) is 8.20. The Hall–Kier alpha value is 0.490. The quantitative estimate of drug-likeness (QED) is 0.465. The first-order chi connectivity index (χ1) is 4.95. The van der Waals surface area contributed by atoms with Crippen LogP contribution in [0.5, 0.6) is 0 Å². The highest BCUT2D eigenvalue weighted by atomic mass is 127. The van der Waals surface area contributed by atoms with E-state index in [0.717, 1.165) is 0 Å². The molecule has 0 saturated heterocycles. The van der Waals surface area contributed by atoms with E-state index in [-0.39, 0.29) is 0 Å². The number of halogens is 1. The van der Waals surface area contributed by atoms with Crippen LogP contribution in [0.25, 0.3) is 0 Å². The first-order valence-electron chi connectivity index (χ1n) is 3.49. The van der Waals surface area contributed by atoms with Gasteiger partial charge in [-0.1, -0.05) is 5.57 Å². The number of rotatable bonds is 2. The monoisotopic (exact) mass is 283 g/mol. The average molecular weight is 283 g/mol.